The molecule has 1 aliphatic rings. The highest BCUT2D eigenvalue weighted by Gasteiger charge is 2.26. The van der Waals surface area contributed by atoms with Crippen molar-refractivity contribution in [3.8, 4) is 11.3 Å². The van der Waals surface area contributed by atoms with Crippen molar-refractivity contribution in [2.45, 2.75) is 19.9 Å². The zero-order chi connectivity index (χ0) is 22.5. The Morgan fingerprint density at radius 2 is 1.97 bits per heavy atom. The molecule has 10 nitrogen and oxygen atoms in total. The van der Waals surface area contributed by atoms with E-state index in [0.29, 0.717) is 35.2 Å². The molecule has 1 saturated heterocycles. The highest BCUT2D eigenvalue weighted by atomic mass is 32.2. The molecule has 0 bridgehead atoms. The number of hydrogen-bond donors (Lipinski definition) is 2. The number of nitrogens with zero attached hydrogens (tertiary/aromatic N) is 5. The van der Waals surface area contributed by atoms with Gasteiger partial charge < -0.3 is 15.2 Å². The fraction of sp³-hybridized carbons (Fsp3) is 0.450. The van der Waals surface area contributed by atoms with Gasteiger partial charge in [0, 0.05) is 38.0 Å². The summed E-state index contributed by atoms with van der Waals surface area (Å²) in [5.41, 5.74) is 7.64. The van der Waals surface area contributed by atoms with Gasteiger partial charge in [0.15, 0.2) is 15.7 Å². The van der Waals surface area contributed by atoms with Crippen molar-refractivity contribution in [2.75, 3.05) is 35.2 Å². The van der Waals surface area contributed by atoms with E-state index in [1.165, 1.54) is 0 Å². The molecule has 0 spiro atoms. The first-order valence-electron chi connectivity index (χ1n) is 10.1. The lowest BCUT2D eigenvalue weighted by atomic mass is 10.0. The van der Waals surface area contributed by atoms with E-state index < -0.39 is 9.84 Å². The van der Waals surface area contributed by atoms with Gasteiger partial charge >= 0.3 is 0 Å². The van der Waals surface area contributed by atoms with E-state index in [-0.39, 0.29) is 34.8 Å². The molecule has 4 heterocycles. The summed E-state index contributed by atoms with van der Waals surface area (Å²) in [6.45, 7) is 8.76. The molecule has 1 fully saturated rings. The summed E-state index contributed by atoms with van der Waals surface area (Å²) in [5, 5.41) is 11.9. The number of aromatic nitrogens is 5. The van der Waals surface area contributed by atoms with E-state index in [0.717, 1.165) is 5.82 Å². The van der Waals surface area contributed by atoms with E-state index in [2.05, 4.69) is 21.9 Å². The SMILES string of the molecule is C=CC(C(C)C)n1cc(-c2cc(N3CCS(=O)(=O)CC3)n(C)n2)c2[nH]nc(N)c2c1=O. The van der Waals surface area contributed by atoms with Crippen molar-refractivity contribution >= 4 is 32.4 Å². The molecular weight excluding hydrogens is 418 g/mol. The molecule has 1 atom stereocenters. The Kier molecular flexibility index (Phi) is 5.16. The second-order valence-corrected chi connectivity index (χ2v) is 10.5. The van der Waals surface area contributed by atoms with Crippen molar-refractivity contribution in [1.82, 2.24) is 24.5 Å². The molecule has 0 amide bonds. The fourth-order valence-corrected chi connectivity index (χ4v) is 5.31. The number of allylic oxidation sites excluding steroid dienone is 1. The average Bonchev–Trinajstić information content (AvgIpc) is 3.27. The van der Waals surface area contributed by atoms with Gasteiger partial charge in [-0.25, -0.2) is 8.42 Å². The summed E-state index contributed by atoms with van der Waals surface area (Å²) in [7, 11) is -1.17. The predicted octanol–water partition coefficient (Wildman–Crippen LogP) is 1.33. The molecule has 11 heteroatoms. The van der Waals surface area contributed by atoms with Gasteiger partial charge in [-0.05, 0) is 5.92 Å². The largest absolute Gasteiger partial charge is 0.382 e. The van der Waals surface area contributed by atoms with Gasteiger partial charge in [0.1, 0.15) is 11.2 Å². The molecule has 0 radical (unpaired) electrons. The number of nitrogens with one attached hydrogen (secondary N) is 1. The Balaban J connectivity index is 1.86. The lowest BCUT2D eigenvalue weighted by molar-refractivity contribution is 0.442. The quantitative estimate of drug-likeness (QED) is 0.566. The van der Waals surface area contributed by atoms with Gasteiger partial charge in [0.05, 0.1) is 28.8 Å². The maximum absolute atomic E-state index is 13.2. The van der Waals surface area contributed by atoms with E-state index >= 15 is 0 Å². The molecular formula is C20H27N7O3S. The van der Waals surface area contributed by atoms with Gasteiger partial charge in [-0.15, -0.1) is 6.58 Å². The molecule has 4 rings (SSSR count). The summed E-state index contributed by atoms with van der Waals surface area (Å²) in [6, 6.07) is 1.68. The summed E-state index contributed by atoms with van der Waals surface area (Å²) in [4.78, 5) is 15.2. The highest BCUT2D eigenvalue weighted by molar-refractivity contribution is 7.91. The average molecular weight is 446 g/mol. The van der Waals surface area contributed by atoms with Crippen LogP contribution in [-0.2, 0) is 16.9 Å². The third-order valence-electron chi connectivity index (χ3n) is 5.83. The van der Waals surface area contributed by atoms with Crippen LogP contribution in [0.5, 0.6) is 0 Å². The molecule has 3 N–H and O–H groups in total. The first kappa shape index (κ1) is 21.2. The monoisotopic (exact) mass is 445 g/mol. The van der Waals surface area contributed by atoms with Crippen LogP contribution in [0.3, 0.4) is 0 Å². The molecule has 3 aromatic rings. The number of nitrogens with two attached hydrogens (primary N) is 1. The molecule has 1 unspecified atom stereocenters. The van der Waals surface area contributed by atoms with Crippen molar-refractivity contribution in [2.24, 2.45) is 13.0 Å². The third-order valence-corrected chi connectivity index (χ3v) is 7.43. The molecule has 31 heavy (non-hydrogen) atoms. The van der Waals surface area contributed by atoms with E-state index in [9.17, 15) is 13.2 Å². The molecule has 0 aromatic carbocycles. The van der Waals surface area contributed by atoms with E-state index in [1.54, 1.807) is 21.5 Å². The van der Waals surface area contributed by atoms with Crippen LogP contribution in [0.2, 0.25) is 0 Å². The highest BCUT2D eigenvalue weighted by Crippen LogP contribution is 2.31. The van der Waals surface area contributed by atoms with Crippen LogP contribution in [-0.4, -0.2) is 57.6 Å². The summed E-state index contributed by atoms with van der Waals surface area (Å²) < 4.78 is 26.9. The number of pyridine rings is 1. The first-order valence-corrected chi connectivity index (χ1v) is 12.0. The molecule has 1 aliphatic heterocycles. The Bertz CT molecular complexity index is 1300. The van der Waals surface area contributed by atoms with Gasteiger partial charge in [0.25, 0.3) is 5.56 Å². The van der Waals surface area contributed by atoms with Crippen molar-refractivity contribution in [3.63, 3.8) is 0 Å². The number of anilines is 2. The standard InChI is InChI=1S/C20H27N7O3S/c1-5-15(12(2)3)27-11-13(18-17(20(27)28)19(21)23-22-18)14-10-16(25(4)24-14)26-6-8-31(29,30)9-7-26/h5,10-12,15H,1,6-9H2,2-4H3,(H3,21,22,23). The number of aryl methyl sites for hydroxylation is 1. The molecule has 3 aromatic heterocycles. The smallest absolute Gasteiger partial charge is 0.264 e. The Labute approximate surface area is 180 Å². The lowest BCUT2D eigenvalue weighted by Gasteiger charge is -2.28. The maximum atomic E-state index is 13.2. The zero-order valence-electron chi connectivity index (χ0n) is 17.9. The summed E-state index contributed by atoms with van der Waals surface area (Å²) in [6.07, 6.45) is 3.51. The van der Waals surface area contributed by atoms with Crippen LogP contribution in [0.25, 0.3) is 22.2 Å². The Morgan fingerprint density at radius 1 is 1.29 bits per heavy atom. The van der Waals surface area contributed by atoms with Gasteiger partial charge in [-0.2, -0.15) is 10.2 Å². The van der Waals surface area contributed by atoms with Gasteiger partial charge in [-0.3, -0.25) is 14.6 Å². The van der Waals surface area contributed by atoms with Gasteiger partial charge in [0.2, 0.25) is 0 Å². The minimum Gasteiger partial charge on any atom is -0.382 e. The number of sulfone groups is 1. The Morgan fingerprint density at radius 3 is 2.58 bits per heavy atom. The molecule has 0 saturated carbocycles. The Hall–Kier alpha value is -3.08. The van der Waals surface area contributed by atoms with Crippen LogP contribution >= 0.6 is 0 Å². The second kappa shape index (κ2) is 7.56. The van der Waals surface area contributed by atoms with Crippen molar-refractivity contribution in [3.05, 3.63) is 35.3 Å². The molecule has 0 aliphatic carbocycles. The van der Waals surface area contributed by atoms with Crippen molar-refractivity contribution < 1.29 is 8.42 Å². The maximum Gasteiger partial charge on any atom is 0.264 e. The van der Waals surface area contributed by atoms with Crippen LogP contribution in [0, 0.1) is 5.92 Å². The van der Waals surface area contributed by atoms with Crippen LogP contribution < -0.4 is 16.2 Å². The normalized spacial score (nSPS) is 17.4. The topological polar surface area (TPSA) is 132 Å². The van der Waals surface area contributed by atoms with E-state index in [4.69, 9.17) is 5.73 Å². The number of fused-ring (bicyclic) bond motifs is 1. The van der Waals surface area contributed by atoms with Crippen LogP contribution in [0.15, 0.2) is 29.7 Å². The fourth-order valence-electron chi connectivity index (χ4n) is 4.11. The van der Waals surface area contributed by atoms with Crippen LogP contribution in [0.1, 0.15) is 19.9 Å². The number of rotatable bonds is 5. The van der Waals surface area contributed by atoms with E-state index in [1.807, 2.05) is 31.9 Å². The second-order valence-electron chi connectivity index (χ2n) is 8.23. The molecule has 166 valence electrons. The predicted molar refractivity (Wildman–Crippen MR) is 122 cm³/mol. The number of H-pyrrole nitrogens is 1. The minimum absolute atomic E-state index is 0.120. The van der Waals surface area contributed by atoms with Crippen molar-refractivity contribution in [1.29, 1.82) is 0 Å². The number of aromatic amines is 1. The van der Waals surface area contributed by atoms with Crippen LogP contribution in [0.4, 0.5) is 11.6 Å². The first-order chi connectivity index (χ1) is 14.6. The summed E-state index contributed by atoms with van der Waals surface area (Å²) >= 11 is 0. The number of nitrogen functional groups attached to an aromatic ring is 1. The van der Waals surface area contributed by atoms with Gasteiger partial charge in [-0.1, -0.05) is 19.9 Å². The lowest BCUT2D eigenvalue weighted by Crippen LogP contribution is -2.41. The minimum atomic E-state index is -2.98. The zero-order valence-corrected chi connectivity index (χ0v) is 18.7. The number of hydrogen-bond acceptors (Lipinski definition) is 7. The third kappa shape index (κ3) is 3.62. The summed E-state index contributed by atoms with van der Waals surface area (Å²) in [5.74, 6) is 1.33.